The van der Waals surface area contributed by atoms with Crippen LogP contribution in [0.1, 0.15) is 24.4 Å². The Kier molecular flexibility index (Phi) is 2.19. The van der Waals surface area contributed by atoms with Gasteiger partial charge in [0.1, 0.15) is 5.82 Å². The summed E-state index contributed by atoms with van der Waals surface area (Å²) in [5, 5.41) is 0.504. The highest BCUT2D eigenvalue weighted by Crippen LogP contribution is 2.34. The fourth-order valence-corrected chi connectivity index (χ4v) is 2.41. The summed E-state index contributed by atoms with van der Waals surface area (Å²) in [5.74, 6) is -0.327. The van der Waals surface area contributed by atoms with Crippen molar-refractivity contribution in [3.63, 3.8) is 0 Å². The van der Waals surface area contributed by atoms with Crippen LogP contribution in [0, 0.1) is 17.5 Å². The van der Waals surface area contributed by atoms with E-state index in [0.717, 1.165) is 12.8 Å². The molecular formula is C12H11FN2OS. The Morgan fingerprint density at radius 3 is 2.82 bits per heavy atom. The summed E-state index contributed by atoms with van der Waals surface area (Å²) in [6.45, 7) is 1.64. The monoisotopic (exact) mass is 250 g/mol. The van der Waals surface area contributed by atoms with E-state index in [4.69, 9.17) is 12.2 Å². The highest BCUT2D eigenvalue weighted by molar-refractivity contribution is 7.71. The van der Waals surface area contributed by atoms with Crippen molar-refractivity contribution < 1.29 is 4.39 Å². The molecule has 0 saturated heterocycles. The van der Waals surface area contributed by atoms with Gasteiger partial charge in [0.05, 0.1) is 10.9 Å². The summed E-state index contributed by atoms with van der Waals surface area (Å²) >= 11 is 5.17. The van der Waals surface area contributed by atoms with E-state index in [9.17, 15) is 9.18 Å². The van der Waals surface area contributed by atoms with Gasteiger partial charge < -0.3 is 4.98 Å². The summed E-state index contributed by atoms with van der Waals surface area (Å²) in [4.78, 5) is 15.2. The van der Waals surface area contributed by atoms with Crippen LogP contribution in [0.25, 0.3) is 10.9 Å². The molecule has 1 aromatic carbocycles. The van der Waals surface area contributed by atoms with Gasteiger partial charge in [-0.15, -0.1) is 0 Å². The first kappa shape index (κ1) is 10.7. The topological polar surface area (TPSA) is 37.8 Å². The van der Waals surface area contributed by atoms with Crippen LogP contribution in [0.5, 0.6) is 0 Å². The normalized spacial score (nSPS) is 15.4. The van der Waals surface area contributed by atoms with Gasteiger partial charge in [0.2, 0.25) is 0 Å². The lowest BCUT2D eigenvalue weighted by Crippen LogP contribution is -2.21. The summed E-state index contributed by atoms with van der Waals surface area (Å²) < 4.78 is 15.4. The van der Waals surface area contributed by atoms with Crippen molar-refractivity contribution in [2.24, 2.45) is 0 Å². The summed E-state index contributed by atoms with van der Waals surface area (Å²) in [7, 11) is 0. The third kappa shape index (κ3) is 1.53. The second kappa shape index (κ2) is 3.50. The molecule has 0 radical (unpaired) electrons. The van der Waals surface area contributed by atoms with Crippen LogP contribution in [-0.2, 0) is 0 Å². The largest absolute Gasteiger partial charge is 0.331 e. The Balaban J connectivity index is 2.48. The number of fused-ring (bicyclic) bond motifs is 1. The quantitative estimate of drug-likeness (QED) is 0.790. The first-order chi connectivity index (χ1) is 8.09. The maximum Gasteiger partial charge on any atom is 0.262 e. The molecule has 1 aromatic heterocycles. The predicted molar refractivity (Wildman–Crippen MR) is 66.4 cm³/mol. The van der Waals surface area contributed by atoms with Gasteiger partial charge in [0, 0.05) is 11.6 Å². The van der Waals surface area contributed by atoms with E-state index in [2.05, 4.69) is 4.98 Å². The molecule has 5 heteroatoms. The van der Waals surface area contributed by atoms with Crippen LogP contribution in [0.3, 0.4) is 0 Å². The number of aryl methyl sites for hydroxylation is 1. The lowest BCUT2D eigenvalue weighted by Gasteiger charge is -2.08. The van der Waals surface area contributed by atoms with Crippen molar-refractivity contribution >= 4 is 23.1 Å². The zero-order valence-corrected chi connectivity index (χ0v) is 10.1. The number of benzene rings is 1. The first-order valence-electron chi connectivity index (χ1n) is 5.53. The van der Waals surface area contributed by atoms with Crippen LogP contribution >= 0.6 is 12.2 Å². The van der Waals surface area contributed by atoms with E-state index in [-0.39, 0.29) is 17.4 Å². The lowest BCUT2D eigenvalue weighted by atomic mass is 10.1. The molecular weight excluding hydrogens is 239 g/mol. The molecule has 0 amide bonds. The summed E-state index contributed by atoms with van der Waals surface area (Å²) in [5.41, 5.74) is 0.833. The van der Waals surface area contributed by atoms with Crippen molar-refractivity contribution in [1.82, 2.24) is 9.55 Å². The highest BCUT2D eigenvalue weighted by Gasteiger charge is 2.26. The SMILES string of the molecule is Cc1c(F)ccc2c(=O)n(C3CC3)c(=S)[nH]c12. The molecule has 1 saturated carbocycles. The minimum absolute atomic E-state index is 0.116. The van der Waals surface area contributed by atoms with Crippen molar-refractivity contribution in [1.29, 1.82) is 0 Å². The number of hydrogen-bond acceptors (Lipinski definition) is 2. The average Bonchev–Trinajstić information content (AvgIpc) is 3.08. The van der Waals surface area contributed by atoms with Crippen molar-refractivity contribution in [3.05, 3.63) is 38.6 Å². The van der Waals surface area contributed by atoms with Crippen molar-refractivity contribution in [3.8, 4) is 0 Å². The maximum absolute atomic E-state index is 13.4. The maximum atomic E-state index is 13.4. The van der Waals surface area contributed by atoms with E-state index in [1.807, 2.05) is 0 Å². The zero-order chi connectivity index (χ0) is 12.2. The van der Waals surface area contributed by atoms with E-state index in [0.29, 0.717) is 21.2 Å². The van der Waals surface area contributed by atoms with Gasteiger partial charge in [0.15, 0.2) is 4.77 Å². The smallest absolute Gasteiger partial charge is 0.262 e. The van der Waals surface area contributed by atoms with Crippen LogP contribution < -0.4 is 5.56 Å². The van der Waals surface area contributed by atoms with Gasteiger partial charge in [-0.1, -0.05) is 0 Å². The average molecular weight is 250 g/mol. The van der Waals surface area contributed by atoms with Gasteiger partial charge in [-0.2, -0.15) is 0 Å². The number of halogens is 1. The summed E-state index contributed by atoms with van der Waals surface area (Å²) in [6.07, 6.45) is 1.98. The Morgan fingerprint density at radius 1 is 1.47 bits per heavy atom. The Labute approximate surface area is 102 Å². The lowest BCUT2D eigenvalue weighted by molar-refractivity contribution is 0.619. The molecule has 3 nitrogen and oxygen atoms in total. The van der Waals surface area contributed by atoms with Gasteiger partial charge in [-0.05, 0) is 44.1 Å². The van der Waals surface area contributed by atoms with Crippen molar-refractivity contribution in [2.75, 3.05) is 0 Å². The Morgan fingerprint density at radius 2 is 2.18 bits per heavy atom. The molecule has 0 spiro atoms. The molecule has 1 heterocycles. The third-order valence-electron chi connectivity index (χ3n) is 3.21. The van der Waals surface area contributed by atoms with E-state index in [1.54, 1.807) is 11.5 Å². The molecule has 0 aliphatic heterocycles. The molecule has 1 aliphatic carbocycles. The molecule has 1 N–H and O–H groups in total. The Hall–Kier alpha value is -1.49. The standard InChI is InChI=1S/C12H11FN2OS/c1-6-9(13)5-4-8-10(6)14-12(17)15(11(8)16)7-2-3-7/h4-5,7H,2-3H2,1H3,(H,14,17). The fourth-order valence-electron chi connectivity index (χ4n) is 2.08. The molecule has 0 atom stereocenters. The van der Waals surface area contributed by atoms with Crippen molar-refractivity contribution in [2.45, 2.75) is 25.8 Å². The first-order valence-corrected chi connectivity index (χ1v) is 5.94. The van der Waals surface area contributed by atoms with Crippen LogP contribution in [0.2, 0.25) is 0 Å². The number of hydrogen-bond donors (Lipinski definition) is 1. The van der Waals surface area contributed by atoms with E-state index < -0.39 is 0 Å². The van der Waals surface area contributed by atoms with Gasteiger partial charge in [0.25, 0.3) is 5.56 Å². The third-order valence-corrected chi connectivity index (χ3v) is 3.51. The van der Waals surface area contributed by atoms with Crippen LogP contribution in [0.15, 0.2) is 16.9 Å². The highest BCUT2D eigenvalue weighted by atomic mass is 32.1. The molecule has 17 heavy (non-hydrogen) atoms. The van der Waals surface area contributed by atoms with E-state index >= 15 is 0 Å². The Bertz CT molecular complexity index is 728. The molecule has 2 aromatic rings. The minimum Gasteiger partial charge on any atom is -0.331 e. The van der Waals surface area contributed by atoms with Gasteiger partial charge in [-0.3, -0.25) is 9.36 Å². The predicted octanol–water partition coefficient (Wildman–Crippen LogP) is 2.84. The van der Waals surface area contributed by atoms with Crippen LogP contribution in [-0.4, -0.2) is 9.55 Å². The fraction of sp³-hybridized carbons (Fsp3) is 0.333. The number of nitrogens with one attached hydrogen (secondary N) is 1. The number of nitrogens with zero attached hydrogens (tertiary/aromatic N) is 1. The van der Waals surface area contributed by atoms with Gasteiger partial charge in [-0.25, -0.2) is 4.39 Å². The van der Waals surface area contributed by atoms with Crippen LogP contribution in [0.4, 0.5) is 4.39 Å². The second-order valence-electron chi connectivity index (χ2n) is 4.43. The second-order valence-corrected chi connectivity index (χ2v) is 4.82. The minimum atomic E-state index is -0.327. The summed E-state index contributed by atoms with van der Waals surface area (Å²) in [6, 6.07) is 3.07. The molecule has 1 aliphatic rings. The zero-order valence-electron chi connectivity index (χ0n) is 9.29. The molecule has 3 rings (SSSR count). The number of H-pyrrole nitrogens is 1. The molecule has 0 unspecified atom stereocenters. The molecule has 0 bridgehead atoms. The van der Waals surface area contributed by atoms with Gasteiger partial charge >= 0.3 is 0 Å². The number of aromatic amines is 1. The number of aromatic nitrogens is 2. The number of rotatable bonds is 1. The van der Waals surface area contributed by atoms with E-state index in [1.165, 1.54) is 12.1 Å². The molecule has 1 fully saturated rings. The molecule has 88 valence electrons.